The molecule has 1 aromatic carbocycles. The van der Waals surface area contributed by atoms with Crippen LogP contribution in [0.15, 0.2) is 41.5 Å². The number of pyridine rings is 1. The number of carbonyl (C=O) groups is 1. The van der Waals surface area contributed by atoms with E-state index in [4.69, 9.17) is 4.74 Å². The number of nitrogens with one attached hydrogen (secondary N) is 2. The number of epoxide rings is 1. The van der Waals surface area contributed by atoms with Gasteiger partial charge in [-0.05, 0) is 37.1 Å². The number of hydrogen-bond donors (Lipinski definition) is 2. The Morgan fingerprint density at radius 2 is 2.10 bits per heavy atom. The maximum absolute atomic E-state index is 12.5. The predicted molar refractivity (Wildman–Crippen MR) is 113 cm³/mol. The van der Waals surface area contributed by atoms with E-state index in [0.717, 1.165) is 60.4 Å². The summed E-state index contributed by atoms with van der Waals surface area (Å²) < 4.78 is 7.36. The van der Waals surface area contributed by atoms with Gasteiger partial charge in [-0.15, -0.1) is 0 Å². The van der Waals surface area contributed by atoms with Crippen molar-refractivity contribution in [1.82, 2.24) is 9.55 Å². The number of amides is 1. The smallest absolute Gasteiger partial charge is 0.274 e. The Hall–Kier alpha value is -3.06. The number of nitrogens with zero attached hydrogens (tertiary/aromatic N) is 2. The maximum Gasteiger partial charge on any atom is 0.274 e. The molecule has 1 unspecified atom stereocenters. The molecule has 5 rings (SSSR count). The van der Waals surface area contributed by atoms with Crippen LogP contribution in [-0.2, 0) is 16.6 Å². The molecule has 0 bridgehead atoms. The summed E-state index contributed by atoms with van der Waals surface area (Å²) in [6.45, 7) is 4.15. The van der Waals surface area contributed by atoms with E-state index in [-0.39, 0.29) is 17.1 Å². The molecule has 2 aromatic heterocycles. The molecule has 1 spiro atoms. The molecule has 2 aliphatic heterocycles. The lowest BCUT2D eigenvalue weighted by Crippen LogP contribution is -2.41. The lowest BCUT2D eigenvalue weighted by atomic mass is 9.95. The van der Waals surface area contributed by atoms with Crippen LogP contribution in [0.3, 0.4) is 0 Å². The number of ether oxygens (including phenoxy) is 1. The Kier molecular flexibility index (Phi) is 4.03. The van der Waals surface area contributed by atoms with Crippen molar-refractivity contribution < 1.29 is 9.53 Å². The molecule has 1 amide bonds. The number of piperidine rings is 1. The zero-order chi connectivity index (χ0) is 20.2. The van der Waals surface area contributed by atoms with Crippen molar-refractivity contribution in [1.29, 1.82) is 0 Å². The number of aryl methyl sites for hydroxylation is 1. The molecule has 4 heterocycles. The van der Waals surface area contributed by atoms with Crippen LogP contribution in [0, 0.1) is 0 Å². The molecule has 2 N–H and O–H groups in total. The average molecular weight is 392 g/mol. The molecule has 150 valence electrons. The van der Waals surface area contributed by atoms with E-state index in [0.29, 0.717) is 5.52 Å². The molecule has 2 fully saturated rings. The molecular formula is C22H24N4O3. The molecule has 2 aliphatic rings. The van der Waals surface area contributed by atoms with E-state index in [2.05, 4.69) is 21.3 Å². The zero-order valence-corrected chi connectivity index (χ0v) is 16.6. The Labute approximate surface area is 168 Å². The third kappa shape index (κ3) is 3.11. The highest BCUT2D eigenvalue weighted by atomic mass is 16.6. The fourth-order valence-corrected chi connectivity index (χ4v) is 4.43. The van der Waals surface area contributed by atoms with Crippen LogP contribution in [0.5, 0.6) is 0 Å². The summed E-state index contributed by atoms with van der Waals surface area (Å²) in [7, 11) is 1.76. The first-order chi connectivity index (χ1) is 14.0. The third-order valence-electron chi connectivity index (χ3n) is 5.93. The maximum atomic E-state index is 12.5. The van der Waals surface area contributed by atoms with Crippen LogP contribution < -0.4 is 15.8 Å². The minimum atomic E-state index is -0.112. The molecule has 0 radical (unpaired) electrons. The number of H-pyrrole nitrogens is 1. The Morgan fingerprint density at radius 3 is 2.86 bits per heavy atom. The summed E-state index contributed by atoms with van der Waals surface area (Å²) in [6.07, 6.45) is 5.85. The SMILES string of the molecule is CC(=O)Nc1ccc(N2CCCC3(CO3)C2)c(-c2cn(C)c(=O)c3[nH]ccc23)c1. The number of benzene rings is 1. The fraction of sp³-hybridized carbons (Fsp3) is 0.364. The van der Waals surface area contributed by atoms with Gasteiger partial charge in [-0.3, -0.25) is 9.59 Å². The standard InChI is InChI=1S/C22H24N4O3/c1-14(27)24-15-4-5-19(26-9-3-7-22(12-26)13-29-22)17(10-15)18-11-25(2)21(28)20-16(18)6-8-23-20/h4-6,8,10-11,23H,3,7,9,12-13H2,1-2H3,(H,24,27). The van der Waals surface area contributed by atoms with E-state index in [1.807, 2.05) is 24.4 Å². The molecule has 3 aromatic rings. The second-order valence-electron chi connectivity index (χ2n) is 8.14. The van der Waals surface area contributed by atoms with Crippen molar-refractivity contribution in [2.24, 2.45) is 7.05 Å². The van der Waals surface area contributed by atoms with E-state index >= 15 is 0 Å². The van der Waals surface area contributed by atoms with Gasteiger partial charge in [-0.1, -0.05) is 0 Å². The molecule has 29 heavy (non-hydrogen) atoms. The van der Waals surface area contributed by atoms with Gasteiger partial charge in [0.1, 0.15) is 11.1 Å². The molecule has 0 aliphatic carbocycles. The number of fused-ring (bicyclic) bond motifs is 1. The van der Waals surface area contributed by atoms with Gasteiger partial charge < -0.3 is 24.5 Å². The summed E-state index contributed by atoms with van der Waals surface area (Å²) in [6, 6.07) is 7.93. The molecule has 2 saturated heterocycles. The van der Waals surface area contributed by atoms with E-state index in [1.54, 1.807) is 17.8 Å². The summed E-state index contributed by atoms with van der Waals surface area (Å²) in [5, 5.41) is 3.76. The highest BCUT2D eigenvalue weighted by molar-refractivity contribution is 5.99. The van der Waals surface area contributed by atoms with Crippen LogP contribution in [-0.4, -0.2) is 40.8 Å². The van der Waals surface area contributed by atoms with Crippen molar-refractivity contribution >= 4 is 28.2 Å². The third-order valence-corrected chi connectivity index (χ3v) is 5.93. The van der Waals surface area contributed by atoms with Gasteiger partial charge in [0.05, 0.1) is 6.61 Å². The van der Waals surface area contributed by atoms with Crippen molar-refractivity contribution in [3.05, 3.63) is 47.0 Å². The summed E-state index contributed by atoms with van der Waals surface area (Å²) in [5.74, 6) is -0.112. The van der Waals surface area contributed by atoms with Gasteiger partial charge in [0.25, 0.3) is 5.56 Å². The van der Waals surface area contributed by atoms with Gasteiger partial charge in [0, 0.05) is 67.3 Å². The first-order valence-corrected chi connectivity index (χ1v) is 9.93. The highest BCUT2D eigenvalue weighted by Gasteiger charge is 2.47. The normalized spacial score (nSPS) is 21.0. The van der Waals surface area contributed by atoms with Crippen LogP contribution in [0.1, 0.15) is 19.8 Å². The first-order valence-electron chi connectivity index (χ1n) is 9.93. The lowest BCUT2D eigenvalue weighted by molar-refractivity contribution is -0.114. The van der Waals surface area contributed by atoms with Gasteiger partial charge in [-0.25, -0.2) is 0 Å². The van der Waals surface area contributed by atoms with Gasteiger partial charge >= 0.3 is 0 Å². The fourth-order valence-electron chi connectivity index (χ4n) is 4.43. The van der Waals surface area contributed by atoms with Gasteiger partial charge in [-0.2, -0.15) is 0 Å². The van der Waals surface area contributed by atoms with Gasteiger partial charge in [0.2, 0.25) is 5.91 Å². The van der Waals surface area contributed by atoms with E-state index in [9.17, 15) is 9.59 Å². The Bertz CT molecular complexity index is 1170. The van der Waals surface area contributed by atoms with Crippen molar-refractivity contribution in [3.63, 3.8) is 0 Å². The molecule has 7 heteroatoms. The molecule has 7 nitrogen and oxygen atoms in total. The quantitative estimate of drug-likeness (QED) is 0.672. The number of aromatic nitrogens is 2. The summed E-state index contributed by atoms with van der Waals surface area (Å²) >= 11 is 0. The zero-order valence-electron chi connectivity index (χ0n) is 16.6. The number of anilines is 2. The second kappa shape index (κ2) is 6.49. The highest BCUT2D eigenvalue weighted by Crippen LogP contribution is 2.42. The van der Waals surface area contributed by atoms with Crippen molar-refractivity contribution in [2.75, 3.05) is 29.9 Å². The van der Waals surface area contributed by atoms with Gasteiger partial charge in [0.15, 0.2) is 0 Å². The first kappa shape index (κ1) is 18.0. The number of carbonyl (C=O) groups excluding carboxylic acids is 1. The topological polar surface area (TPSA) is 82.7 Å². The van der Waals surface area contributed by atoms with E-state index < -0.39 is 0 Å². The minimum Gasteiger partial charge on any atom is -0.368 e. The minimum absolute atomic E-state index is 0.00122. The molecule has 0 saturated carbocycles. The number of rotatable bonds is 3. The average Bonchev–Trinajstić information content (AvgIpc) is 3.24. The number of aromatic amines is 1. The Morgan fingerprint density at radius 1 is 1.28 bits per heavy atom. The van der Waals surface area contributed by atoms with Crippen LogP contribution in [0.2, 0.25) is 0 Å². The van der Waals surface area contributed by atoms with Crippen molar-refractivity contribution in [2.45, 2.75) is 25.4 Å². The van der Waals surface area contributed by atoms with Crippen LogP contribution >= 0.6 is 0 Å². The second-order valence-corrected chi connectivity index (χ2v) is 8.14. The summed E-state index contributed by atoms with van der Waals surface area (Å²) in [5.41, 5.74) is 4.31. The molecular weight excluding hydrogens is 368 g/mol. The summed E-state index contributed by atoms with van der Waals surface area (Å²) in [4.78, 5) is 29.6. The van der Waals surface area contributed by atoms with E-state index in [1.165, 1.54) is 6.92 Å². The largest absolute Gasteiger partial charge is 0.368 e. The lowest BCUT2D eigenvalue weighted by Gasteiger charge is -2.34. The Balaban J connectivity index is 1.69. The monoisotopic (exact) mass is 392 g/mol. The number of hydrogen-bond acceptors (Lipinski definition) is 4. The predicted octanol–water partition coefficient (Wildman–Crippen LogP) is 2.86. The van der Waals surface area contributed by atoms with Crippen LogP contribution in [0.4, 0.5) is 11.4 Å². The van der Waals surface area contributed by atoms with Crippen molar-refractivity contribution in [3.8, 4) is 11.1 Å². The molecule has 1 atom stereocenters. The van der Waals surface area contributed by atoms with Crippen LogP contribution in [0.25, 0.3) is 22.0 Å².